The molecule has 0 atom stereocenters. The van der Waals surface area contributed by atoms with Crippen molar-refractivity contribution in [3.63, 3.8) is 0 Å². The molecule has 0 rings (SSSR count). The van der Waals surface area contributed by atoms with Crippen molar-refractivity contribution >= 4 is 0 Å². The summed E-state index contributed by atoms with van der Waals surface area (Å²) in [7, 11) is 0. The Kier molecular flexibility index (Phi) is 5.68. The monoisotopic (exact) mass is 289 g/mol. The minimum atomic E-state index is 0.434. The Labute approximate surface area is 61.4 Å². The zero-order valence-corrected chi connectivity index (χ0v) is 10.6. The normalized spacial score (nSPS) is 10.4. The molecular formula is C5H11HgO. The van der Waals surface area contributed by atoms with Crippen LogP contribution in [0.2, 0.25) is 3.93 Å². The van der Waals surface area contributed by atoms with Gasteiger partial charge in [0.15, 0.2) is 0 Å². The van der Waals surface area contributed by atoms with Crippen LogP contribution in [0.3, 0.4) is 0 Å². The molecule has 7 heavy (non-hydrogen) atoms. The molecule has 0 aromatic rings. The van der Waals surface area contributed by atoms with E-state index in [0.717, 1.165) is 32.7 Å². The quantitative estimate of drug-likeness (QED) is 0.713. The number of rotatable bonds is 3. The molecule has 39 valence electrons. The van der Waals surface area contributed by atoms with Gasteiger partial charge in [-0.3, -0.25) is 0 Å². The van der Waals surface area contributed by atoms with Crippen LogP contribution in [0.25, 0.3) is 0 Å². The third-order valence-corrected chi connectivity index (χ3v) is 1.72. The van der Waals surface area contributed by atoms with Gasteiger partial charge in [0.2, 0.25) is 0 Å². The molecule has 0 amide bonds. The summed E-state index contributed by atoms with van der Waals surface area (Å²) in [6, 6.07) is 0. The molecule has 0 fully saturated rings. The van der Waals surface area contributed by atoms with Gasteiger partial charge < -0.3 is 0 Å². The second-order valence-corrected chi connectivity index (χ2v) is 4.52. The van der Waals surface area contributed by atoms with Crippen LogP contribution >= 0.6 is 0 Å². The van der Waals surface area contributed by atoms with Crippen molar-refractivity contribution < 1.29 is 30.9 Å². The molecule has 0 aliphatic heterocycles. The zero-order chi connectivity index (χ0) is 5.70. The first-order valence-electron chi connectivity index (χ1n) is 2.68. The summed E-state index contributed by atoms with van der Waals surface area (Å²) < 4.78 is 6.56. The summed E-state index contributed by atoms with van der Waals surface area (Å²) >= 11 is 0.932. The molecule has 0 aromatic carbocycles. The molecular weight excluding hydrogens is 277 g/mol. The summed E-state index contributed by atoms with van der Waals surface area (Å²) in [6.45, 7) is 5.13. The fourth-order valence-electron chi connectivity index (χ4n) is 0.319. The van der Waals surface area contributed by atoms with Gasteiger partial charge in [-0.25, -0.2) is 0 Å². The molecule has 2 heteroatoms. The summed E-state index contributed by atoms with van der Waals surface area (Å²) in [5, 5.41) is 0. The van der Waals surface area contributed by atoms with E-state index in [1.807, 2.05) is 0 Å². The van der Waals surface area contributed by atoms with Crippen LogP contribution in [0.5, 0.6) is 0 Å². The third kappa shape index (κ3) is 6.90. The first-order valence-corrected chi connectivity index (χ1v) is 6.57. The van der Waals surface area contributed by atoms with Crippen LogP contribution in [0.4, 0.5) is 0 Å². The first-order chi connectivity index (χ1) is 3.27. The Hall–Kier alpha value is 0.895. The van der Waals surface area contributed by atoms with Crippen LogP contribution in [0.15, 0.2) is 0 Å². The zero-order valence-electron chi connectivity index (χ0n) is 5.11. The topological polar surface area (TPSA) is 9.23 Å². The standard InChI is InChI=1S/C5H11O.Hg/c1-4-6-5(2)3;/h5H,1,4H2,2-3H3;. The van der Waals surface area contributed by atoms with Gasteiger partial charge in [-0.1, -0.05) is 0 Å². The second-order valence-electron chi connectivity index (χ2n) is 1.77. The molecule has 0 heterocycles. The Bertz CT molecular complexity index is 37.1. The van der Waals surface area contributed by atoms with E-state index < -0.39 is 0 Å². The van der Waals surface area contributed by atoms with Crippen LogP contribution in [0.1, 0.15) is 13.8 Å². The van der Waals surface area contributed by atoms with Gasteiger partial charge in [-0.2, -0.15) is 0 Å². The fourth-order valence-corrected chi connectivity index (χ4v) is 0.967. The van der Waals surface area contributed by atoms with E-state index in [1.54, 1.807) is 0 Å². The Morgan fingerprint density at radius 2 is 2.14 bits per heavy atom. The molecule has 0 unspecified atom stereocenters. The average Bonchev–Trinajstić information content (AvgIpc) is 1.61. The molecule has 0 bridgehead atoms. The molecule has 0 aliphatic carbocycles. The fraction of sp³-hybridized carbons (Fsp3) is 1.00. The van der Waals surface area contributed by atoms with Crippen LogP contribution in [-0.2, 0) is 30.9 Å². The second kappa shape index (κ2) is 5.04. The van der Waals surface area contributed by atoms with E-state index in [1.165, 1.54) is 3.93 Å². The maximum absolute atomic E-state index is 5.24. The van der Waals surface area contributed by atoms with E-state index in [9.17, 15) is 0 Å². The molecule has 0 saturated heterocycles. The van der Waals surface area contributed by atoms with Crippen LogP contribution in [0, 0.1) is 0 Å². The number of hydrogen-bond donors (Lipinski definition) is 0. The van der Waals surface area contributed by atoms with Crippen molar-refractivity contribution in [3.8, 4) is 0 Å². The molecule has 0 radical (unpaired) electrons. The third-order valence-electron chi connectivity index (χ3n) is 0.596. The summed E-state index contributed by atoms with van der Waals surface area (Å²) in [5.74, 6) is 0. The van der Waals surface area contributed by atoms with Gasteiger partial charge in [0.1, 0.15) is 0 Å². The summed E-state index contributed by atoms with van der Waals surface area (Å²) in [5.41, 5.74) is 0. The van der Waals surface area contributed by atoms with Gasteiger partial charge in [-0.15, -0.1) is 0 Å². The molecule has 0 aromatic heterocycles. The number of hydrogen-bond acceptors (Lipinski definition) is 1. The van der Waals surface area contributed by atoms with Gasteiger partial charge >= 0.3 is 61.3 Å². The van der Waals surface area contributed by atoms with Crippen molar-refractivity contribution in [1.82, 2.24) is 0 Å². The summed E-state index contributed by atoms with van der Waals surface area (Å²) in [6.07, 6.45) is 0.434. The van der Waals surface area contributed by atoms with Gasteiger partial charge in [0.05, 0.1) is 0 Å². The molecule has 1 nitrogen and oxygen atoms in total. The van der Waals surface area contributed by atoms with Crippen molar-refractivity contribution in [2.24, 2.45) is 0 Å². The molecule has 0 spiro atoms. The molecule has 0 saturated carbocycles. The molecule has 0 N–H and O–H groups in total. The SMILES string of the molecule is CC(C)OC[CH2][Hg]. The van der Waals surface area contributed by atoms with Gasteiger partial charge in [0, 0.05) is 0 Å². The Morgan fingerprint density at radius 1 is 1.57 bits per heavy atom. The Balaban J connectivity index is 2.68. The van der Waals surface area contributed by atoms with Crippen molar-refractivity contribution in [2.75, 3.05) is 6.61 Å². The van der Waals surface area contributed by atoms with Crippen molar-refractivity contribution in [3.05, 3.63) is 0 Å². The van der Waals surface area contributed by atoms with E-state index >= 15 is 0 Å². The van der Waals surface area contributed by atoms with Gasteiger partial charge in [-0.05, 0) is 0 Å². The van der Waals surface area contributed by atoms with E-state index in [2.05, 4.69) is 13.8 Å². The Morgan fingerprint density at radius 3 is 2.29 bits per heavy atom. The van der Waals surface area contributed by atoms with E-state index in [4.69, 9.17) is 4.74 Å². The van der Waals surface area contributed by atoms with E-state index in [0.29, 0.717) is 6.10 Å². The predicted molar refractivity (Wildman–Crippen MR) is 25.9 cm³/mol. The summed E-state index contributed by atoms with van der Waals surface area (Å²) in [4.78, 5) is 0. The average molecular weight is 288 g/mol. The van der Waals surface area contributed by atoms with Crippen LogP contribution < -0.4 is 0 Å². The maximum atomic E-state index is 5.24. The predicted octanol–water partition coefficient (Wildman–Crippen LogP) is 1.38. The number of ether oxygens (including phenoxy) is 1. The minimum absolute atomic E-state index is 0.434. The van der Waals surface area contributed by atoms with Crippen LogP contribution in [-0.4, -0.2) is 12.7 Å². The van der Waals surface area contributed by atoms with E-state index in [-0.39, 0.29) is 0 Å². The first kappa shape index (κ1) is 7.90. The van der Waals surface area contributed by atoms with Crippen molar-refractivity contribution in [2.45, 2.75) is 23.9 Å². The molecule has 0 aliphatic rings. The van der Waals surface area contributed by atoms with Gasteiger partial charge in [0.25, 0.3) is 0 Å². The van der Waals surface area contributed by atoms with Crippen molar-refractivity contribution in [1.29, 1.82) is 0 Å².